The van der Waals surface area contributed by atoms with Crippen LogP contribution in [0.1, 0.15) is 18.1 Å². The molecule has 0 heterocycles. The Bertz CT molecular complexity index is 960. The fourth-order valence-electron chi connectivity index (χ4n) is 3.71. The van der Waals surface area contributed by atoms with E-state index in [1.165, 1.54) is 0 Å². The van der Waals surface area contributed by atoms with Gasteiger partial charge in [-0.15, -0.1) is 0 Å². The van der Waals surface area contributed by atoms with Crippen molar-refractivity contribution in [2.24, 2.45) is 0 Å². The van der Waals surface area contributed by atoms with E-state index in [-0.39, 0.29) is 0 Å². The molecule has 0 spiro atoms. The normalized spacial score (nSPS) is 13.2. The van der Waals surface area contributed by atoms with Crippen LogP contribution in [0.15, 0.2) is 84.9 Å². The number of aliphatic hydroxyl groups excluding tert-OH is 1. The van der Waals surface area contributed by atoms with E-state index in [4.69, 9.17) is 0 Å². The topological polar surface area (TPSA) is 40.5 Å². The van der Waals surface area contributed by atoms with E-state index >= 15 is 0 Å². The van der Waals surface area contributed by atoms with Crippen LogP contribution in [0.2, 0.25) is 0 Å². The van der Waals surface area contributed by atoms with Crippen molar-refractivity contribution in [2.75, 3.05) is 0 Å². The lowest BCUT2D eigenvalue weighted by molar-refractivity contribution is -0.0373. The Hall–Kier alpha value is -2.68. The lowest BCUT2D eigenvalue weighted by atomic mass is 9.78. The SMILES string of the molecule is C[C@@H](O)C(O)(c1cccc2ccccc12)c1cccc2ccccc12. The molecule has 2 N–H and O–H groups in total. The highest BCUT2D eigenvalue weighted by molar-refractivity contribution is 5.90. The van der Waals surface area contributed by atoms with Gasteiger partial charge in [0, 0.05) is 0 Å². The van der Waals surface area contributed by atoms with E-state index in [2.05, 4.69) is 0 Å². The summed E-state index contributed by atoms with van der Waals surface area (Å²) in [6.07, 6.45) is -0.968. The van der Waals surface area contributed by atoms with Gasteiger partial charge in [-0.05, 0) is 39.6 Å². The summed E-state index contributed by atoms with van der Waals surface area (Å²) in [6.45, 7) is 1.64. The molecule has 1 atom stereocenters. The average molecular weight is 328 g/mol. The summed E-state index contributed by atoms with van der Waals surface area (Å²) in [6, 6.07) is 27.6. The Balaban J connectivity index is 2.09. The number of fused-ring (bicyclic) bond motifs is 2. The molecule has 124 valence electrons. The second-order valence-corrected chi connectivity index (χ2v) is 6.50. The van der Waals surface area contributed by atoms with Crippen LogP contribution in [0.4, 0.5) is 0 Å². The first-order valence-electron chi connectivity index (χ1n) is 8.49. The molecular formula is C23H20O2. The Kier molecular flexibility index (Phi) is 3.79. The van der Waals surface area contributed by atoms with Gasteiger partial charge in [0.05, 0.1) is 6.10 Å². The summed E-state index contributed by atoms with van der Waals surface area (Å²) < 4.78 is 0. The maximum atomic E-state index is 11.8. The standard InChI is InChI=1S/C23H20O2/c1-16(24)23(25,21-14-6-10-17-8-2-4-12-19(17)21)22-15-7-11-18-9-3-5-13-20(18)22/h2-16,24-25H,1H3/t16-/m1/s1. The molecule has 4 rings (SSSR count). The zero-order chi connectivity index (χ0) is 17.4. The van der Waals surface area contributed by atoms with Gasteiger partial charge in [-0.1, -0.05) is 84.9 Å². The second-order valence-electron chi connectivity index (χ2n) is 6.50. The first kappa shape index (κ1) is 15.8. The van der Waals surface area contributed by atoms with Crippen molar-refractivity contribution in [2.45, 2.75) is 18.6 Å². The largest absolute Gasteiger partial charge is 0.390 e. The summed E-state index contributed by atoms with van der Waals surface area (Å²) in [7, 11) is 0. The van der Waals surface area contributed by atoms with Gasteiger partial charge in [0.1, 0.15) is 5.60 Å². The van der Waals surface area contributed by atoms with Crippen molar-refractivity contribution in [1.29, 1.82) is 0 Å². The fraction of sp³-hybridized carbons (Fsp3) is 0.130. The van der Waals surface area contributed by atoms with Crippen LogP contribution in [-0.2, 0) is 5.60 Å². The van der Waals surface area contributed by atoms with Crippen molar-refractivity contribution < 1.29 is 10.2 Å². The minimum absolute atomic E-state index is 0.719. The summed E-state index contributed by atoms with van der Waals surface area (Å²) in [5.41, 5.74) is -0.0595. The van der Waals surface area contributed by atoms with Crippen LogP contribution < -0.4 is 0 Å². The summed E-state index contributed by atoms with van der Waals surface area (Å²) in [4.78, 5) is 0. The molecule has 2 heteroatoms. The minimum atomic E-state index is -1.50. The lowest BCUT2D eigenvalue weighted by Gasteiger charge is -2.34. The van der Waals surface area contributed by atoms with E-state index in [1.54, 1.807) is 6.92 Å². The van der Waals surface area contributed by atoms with Gasteiger partial charge in [0.15, 0.2) is 0 Å². The molecule has 25 heavy (non-hydrogen) atoms. The Morgan fingerprint density at radius 1 is 0.640 bits per heavy atom. The molecule has 0 aromatic heterocycles. The Morgan fingerprint density at radius 3 is 1.48 bits per heavy atom. The molecule has 2 nitrogen and oxygen atoms in total. The molecule has 0 saturated heterocycles. The Labute approximate surface area is 147 Å². The van der Waals surface area contributed by atoms with Crippen LogP contribution in [0.3, 0.4) is 0 Å². The van der Waals surface area contributed by atoms with Crippen LogP contribution in [0.5, 0.6) is 0 Å². The molecule has 0 aliphatic rings. The number of hydrogen-bond donors (Lipinski definition) is 2. The van der Waals surface area contributed by atoms with E-state index in [0.29, 0.717) is 0 Å². The van der Waals surface area contributed by atoms with Crippen LogP contribution >= 0.6 is 0 Å². The number of benzene rings is 4. The summed E-state index contributed by atoms with van der Waals surface area (Å²) in [5.74, 6) is 0. The highest BCUT2D eigenvalue weighted by Gasteiger charge is 2.39. The maximum absolute atomic E-state index is 11.8. The third-order valence-electron chi connectivity index (χ3n) is 5.01. The zero-order valence-electron chi connectivity index (χ0n) is 14.1. The van der Waals surface area contributed by atoms with Gasteiger partial charge in [-0.2, -0.15) is 0 Å². The quantitative estimate of drug-likeness (QED) is 0.576. The van der Waals surface area contributed by atoms with Crippen molar-refractivity contribution in [1.82, 2.24) is 0 Å². The van der Waals surface area contributed by atoms with Gasteiger partial charge < -0.3 is 10.2 Å². The average Bonchev–Trinajstić information content (AvgIpc) is 2.66. The summed E-state index contributed by atoms with van der Waals surface area (Å²) in [5, 5.41) is 26.4. The molecule has 0 aliphatic heterocycles. The van der Waals surface area contributed by atoms with Gasteiger partial charge >= 0.3 is 0 Å². The Morgan fingerprint density at radius 2 is 1.04 bits per heavy atom. The fourth-order valence-corrected chi connectivity index (χ4v) is 3.71. The molecule has 0 radical (unpaired) electrons. The van der Waals surface area contributed by atoms with Gasteiger partial charge in [-0.3, -0.25) is 0 Å². The summed E-state index contributed by atoms with van der Waals surface area (Å²) >= 11 is 0. The predicted octanol–water partition coefficient (Wildman–Crippen LogP) is 4.61. The number of hydrogen-bond acceptors (Lipinski definition) is 2. The first-order valence-corrected chi connectivity index (χ1v) is 8.49. The zero-order valence-corrected chi connectivity index (χ0v) is 14.1. The third-order valence-corrected chi connectivity index (χ3v) is 5.01. The van der Waals surface area contributed by atoms with E-state index in [0.717, 1.165) is 32.7 Å². The molecular weight excluding hydrogens is 308 g/mol. The van der Waals surface area contributed by atoms with Crippen molar-refractivity contribution in [3.05, 3.63) is 96.1 Å². The molecule has 0 fully saturated rings. The van der Waals surface area contributed by atoms with Crippen LogP contribution in [0, 0.1) is 0 Å². The predicted molar refractivity (Wildman–Crippen MR) is 103 cm³/mol. The van der Waals surface area contributed by atoms with Crippen molar-refractivity contribution in [3.63, 3.8) is 0 Å². The van der Waals surface area contributed by atoms with Gasteiger partial charge in [-0.25, -0.2) is 0 Å². The van der Waals surface area contributed by atoms with Crippen LogP contribution in [0.25, 0.3) is 21.5 Å². The number of aliphatic hydroxyl groups is 2. The third kappa shape index (κ3) is 2.42. The highest BCUT2D eigenvalue weighted by Crippen LogP contribution is 2.40. The minimum Gasteiger partial charge on any atom is -0.390 e. The smallest absolute Gasteiger partial charge is 0.141 e. The van der Waals surface area contributed by atoms with Gasteiger partial charge in [0.25, 0.3) is 0 Å². The second kappa shape index (κ2) is 5.99. The van der Waals surface area contributed by atoms with Crippen molar-refractivity contribution >= 4 is 21.5 Å². The lowest BCUT2D eigenvalue weighted by Crippen LogP contribution is -2.39. The van der Waals surface area contributed by atoms with Crippen molar-refractivity contribution in [3.8, 4) is 0 Å². The van der Waals surface area contributed by atoms with E-state index in [1.807, 2.05) is 84.9 Å². The van der Waals surface area contributed by atoms with Gasteiger partial charge in [0.2, 0.25) is 0 Å². The maximum Gasteiger partial charge on any atom is 0.141 e. The molecule has 4 aromatic carbocycles. The molecule has 4 aromatic rings. The molecule has 0 bridgehead atoms. The van der Waals surface area contributed by atoms with Crippen LogP contribution in [-0.4, -0.2) is 16.3 Å². The van der Waals surface area contributed by atoms with E-state index in [9.17, 15) is 10.2 Å². The number of rotatable bonds is 3. The monoisotopic (exact) mass is 328 g/mol. The molecule has 0 unspecified atom stereocenters. The molecule has 0 saturated carbocycles. The molecule has 0 amide bonds. The molecule has 0 aliphatic carbocycles. The first-order chi connectivity index (χ1) is 12.1. The highest BCUT2D eigenvalue weighted by atomic mass is 16.3. The van der Waals surface area contributed by atoms with E-state index < -0.39 is 11.7 Å².